The van der Waals surface area contributed by atoms with Crippen molar-refractivity contribution < 1.29 is 29.2 Å². The molecule has 0 spiro atoms. The number of hydrogen-bond acceptors (Lipinski definition) is 6. The zero-order valence-electron chi connectivity index (χ0n) is 16.1. The number of nitrogens with one attached hydrogen (secondary N) is 1. The van der Waals surface area contributed by atoms with Crippen molar-refractivity contribution in [1.82, 2.24) is 5.32 Å². The van der Waals surface area contributed by atoms with E-state index >= 15 is 0 Å². The number of carbonyl (C=O) groups is 1. The van der Waals surface area contributed by atoms with Gasteiger partial charge in [0.1, 0.15) is 18.3 Å². The Kier molecular flexibility index (Phi) is 6.16. The van der Waals surface area contributed by atoms with Gasteiger partial charge in [0.05, 0.1) is 12.6 Å². The molecule has 0 aliphatic carbocycles. The molecule has 0 saturated carbocycles. The van der Waals surface area contributed by atoms with Crippen LogP contribution in [0.5, 0.6) is 0 Å². The molecule has 0 bridgehead atoms. The fourth-order valence-electron chi connectivity index (χ4n) is 3.81. The van der Waals surface area contributed by atoms with Gasteiger partial charge < -0.3 is 29.7 Å². The van der Waals surface area contributed by atoms with Crippen molar-refractivity contribution in [1.29, 1.82) is 0 Å². The molecule has 2 aliphatic rings. The molecule has 1 unspecified atom stereocenters. The molecule has 2 aliphatic heterocycles. The average molecular weight is 359 g/mol. The van der Waals surface area contributed by atoms with Crippen molar-refractivity contribution >= 4 is 5.91 Å². The standard InChI is InChI=1S/C18H33NO6/c1-10(8-17(2,3)4)7-12(22)19-13-14(11(21)9-20)23-16-15(13)24-18(5,6)25-16/h10-11,13-16,20-21H,7-9H2,1-6H3,(H,19,22)/t10?,11-,13+,14-,15-,16-/m1/s1. The van der Waals surface area contributed by atoms with E-state index in [1.165, 1.54) is 0 Å². The second kappa shape index (κ2) is 7.48. The number of hydrogen-bond donors (Lipinski definition) is 3. The van der Waals surface area contributed by atoms with Crippen molar-refractivity contribution in [2.75, 3.05) is 6.61 Å². The van der Waals surface area contributed by atoms with Gasteiger partial charge in [0.15, 0.2) is 12.1 Å². The van der Waals surface area contributed by atoms with Crippen molar-refractivity contribution in [2.45, 2.75) is 90.8 Å². The molecule has 2 rings (SSSR count). The molecule has 1 amide bonds. The summed E-state index contributed by atoms with van der Waals surface area (Å²) in [5.41, 5.74) is 0.156. The first-order valence-electron chi connectivity index (χ1n) is 9.01. The Morgan fingerprint density at radius 2 is 1.92 bits per heavy atom. The van der Waals surface area contributed by atoms with Gasteiger partial charge in [-0.05, 0) is 31.6 Å². The summed E-state index contributed by atoms with van der Waals surface area (Å²) in [5.74, 6) is -0.696. The summed E-state index contributed by atoms with van der Waals surface area (Å²) in [4.78, 5) is 12.5. The van der Waals surface area contributed by atoms with Crippen LogP contribution in [0.2, 0.25) is 0 Å². The molecular formula is C18H33NO6. The minimum atomic E-state index is -1.11. The third-order valence-electron chi connectivity index (χ3n) is 4.48. The largest absolute Gasteiger partial charge is 0.394 e. The lowest BCUT2D eigenvalue weighted by molar-refractivity contribution is -0.218. The SMILES string of the molecule is CC(CC(=O)N[C@@H]1[C@H]2OC(C)(C)O[C@H]2O[C@@H]1[C@H](O)CO)CC(C)(C)C. The quantitative estimate of drug-likeness (QED) is 0.658. The van der Waals surface area contributed by atoms with E-state index in [1.807, 2.05) is 0 Å². The van der Waals surface area contributed by atoms with E-state index in [1.54, 1.807) is 13.8 Å². The Hall–Kier alpha value is -0.730. The summed E-state index contributed by atoms with van der Waals surface area (Å²) in [6.45, 7) is 11.6. The lowest BCUT2D eigenvalue weighted by Crippen LogP contribution is -2.52. The molecule has 25 heavy (non-hydrogen) atoms. The summed E-state index contributed by atoms with van der Waals surface area (Å²) >= 11 is 0. The summed E-state index contributed by atoms with van der Waals surface area (Å²) < 4.78 is 17.2. The molecule has 0 aromatic heterocycles. The van der Waals surface area contributed by atoms with Crippen LogP contribution >= 0.6 is 0 Å². The number of ether oxygens (including phenoxy) is 3. The zero-order chi connectivity index (χ0) is 19.0. The summed E-state index contributed by atoms with van der Waals surface area (Å²) in [5, 5.41) is 22.2. The molecule has 2 fully saturated rings. The lowest BCUT2D eigenvalue weighted by Gasteiger charge is -2.29. The van der Waals surface area contributed by atoms with Crippen LogP contribution in [0.15, 0.2) is 0 Å². The maximum Gasteiger partial charge on any atom is 0.220 e. The Balaban J connectivity index is 2.01. The molecule has 7 heteroatoms. The smallest absolute Gasteiger partial charge is 0.220 e. The average Bonchev–Trinajstić information content (AvgIpc) is 2.89. The molecule has 2 saturated heterocycles. The number of amides is 1. The second-order valence-electron chi connectivity index (χ2n) is 8.99. The Labute approximate surface area is 150 Å². The second-order valence-corrected chi connectivity index (χ2v) is 8.99. The van der Waals surface area contributed by atoms with Crippen molar-refractivity contribution in [3.8, 4) is 0 Å². The summed E-state index contributed by atoms with van der Waals surface area (Å²) in [6.07, 6.45) is -1.74. The van der Waals surface area contributed by atoms with Crippen molar-refractivity contribution in [2.24, 2.45) is 11.3 Å². The minimum absolute atomic E-state index is 0.116. The molecule has 0 radical (unpaired) electrons. The van der Waals surface area contributed by atoms with Crippen LogP contribution in [0.25, 0.3) is 0 Å². The highest BCUT2D eigenvalue weighted by atomic mass is 16.8. The minimum Gasteiger partial charge on any atom is -0.394 e. The van der Waals surface area contributed by atoms with Gasteiger partial charge in [0.25, 0.3) is 0 Å². The molecule has 0 aromatic carbocycles. The first-order valence-corrected chi connectivity index (χ1v) is 9.01. The molecular weight excluding hydrogens is 326 g/mol. The van der Waals surface area contributed by atoms with Crippen LogP contribution < -0.4 is 5.32 Å². The molecule has 0 aromatic rings. The van der Waals surface area contributed by atoms with Gasteiger partial charge in [-0.1, -0.05) is 27.7 Å². The Morgan fingerprint density at radius 3 is 2.48 bits per heavy atom. The maximum absolute atomic E-state index is 12.5. The Bertz CT molecular complexity index is 475. The molecule has 3 N–H and O–H groups in total. The van der Waals surface area contributed by atoms with Crippen molar-refractivity contribution in [3.05, 3.63) is 0 Å². The zero-order valence-corrected chi connectivity index (χ0v) is 16.1. The van der Waals surface area contributed by atoms with E-state index < -0.39 is 43.0 Å². The van der Waals surface area contributed by atoms with E-state index in [9.17, 15) is 15.0 Å². The number of fused-ring (bicyclic) bond motifs is 1. The van der Waals surface area contributed by atoms with E-state index in [-0.39, 0.29) is 17.2 Å². The van der Waals surface area contributed by atoms with Gasteiger partial charge in [-0.15, -0.1) is 0 Å². The topological polar surface area (TPSA) is 97.3 Å². The predicted molar refractivity (Wildman–Crippen MR) is 91.6 cm³/mol. The van der Waals surface area contributed by atoms with Gasteiger partial charge in [-0.3, -0.25) is 4.79 Å². The van der Waals surface area contributed by atoms with Gasteiger partial charge in [-0.25, -0.2) is 0 Å². The molecule has 7 nitrogen and oxygen atoms in total. The van der Waals surface area contributed by atoms with Crippen LogP contribution in [-0.4, -0.2) is 59.2 Å². The predicted octanol–water partition coefficient (Wildman–Crippen LogP) is 1.16. The fourth-order valence-corrected chi connectivity index (χ4v) is 3.81. The highest BCUT2D eigenvalue weighted by Gasteiger charge is 2.56. The third kappa shape index (κ3) is 5.37. The van der Waals surface area contributed by atoms with E-state index in [2.05, 4.69) is 33.0 Å². The van der Waals surface area contributed by atoms with Gasteiger partial charge >= 0.3 is 0 Å². The van der Waals surface area contributed by atoms with E-state index in [0.717, 1.165) is 6.42 Å². The van der Waals surface area contributed by atoms with E-state index in [4.69, 9.17) is 14.2 Å². The highest BCUT2D eigenvalue weighted by molar-refractivity contribution is 5.76. The summed E-state index contributed by atoms with van der Waals surface area (Å²) in [7, 11) is 0. The van der Waals surface area contributed by atoms with Crippen LogP contribution in [0.1, 0.15) is 54.4 Å². The number of aliphatic hydroxyl groups excluding tert-OH is 2. The van der Waals surface area contributed by atoms with Crippen molar-refractivity contribution in [3.63, 3.8) is 0 Å². The number of rotatable bonds is 6. The Morgan fingerprint density at radius 1 is 1.28 bits per heavy atom. The number of aliphatic hydroxyl groups is 2. The lowest BCUT2D eigenvalue weighted by atomic mass is 9.84. The first kappa shape index (κ1) is 20.6. The van der Waals surface area contributed by atoms with Gasteiger partial charge in [-0.2, -0.15) is 0 Å². The van der Waals surface area contributed by atoms with E-state index in [0.29, 0.717) is 6.42 Å². The molecule has 6 atom stereocenters. The molecule has 2 heterocycles. The van der Waals surface area contributed by atoms with Crippen LogP contribution in [0.4, 0.5) is 0 Å². The maximum atomic E-state index is 12.5. The number of carbonyl (C=O) groups excluding carboxylic acids is 1. The van der Waals surface area contributed by atoms with Crippen LogP contribution in [0.3, 0.4) is 0 Å². The third-order valence-corrected chi connectivity index (χ3v) is 4.48. The fraction of sp³-hybridized carbons (Fsp3) is 0.944. The van der Waals surface area contributed by atoms with Gasteiger partial charge in [0, 0.05) is 6.42 Å². The monoisotopic (exact) mass is 359 g/mol. The molecule has 146 valence electrons. The van der Waals surface area contributed by atoms with Crippen LogP contribution in [0, 0.1) is 11.3 Å². The highest BCUT2D eigenvalue weighted by Crippen LogP contribution is 2.38. The van der Waals surface area contributed by atoms with Gasteiger partial charge in [0.2, 0.25) is 5.91 Å². The normalized spacial score (nSPS) is 33.8. The van der Waals surface area contributed by atoms with Crippen LogP contribution in [-0.2, 0) is 19.0 Å². The summed E-state index contributed by atoms with van der Waals surface area (Å²) in [6, 6.07) is -0.566. The first-order chi connectivity index (χ1) is 11.4.